The van der Waals surface area contributed by atoms with Gasteiger partial charge in [0.2, 0.25) is 0 Å². The molecule has 1 aliphatic rings. The van der Waals surface area contributed by atoms with Crippen LogP contribution in [0.15, 0.2) is 52.2 Å². The predicted molar refractivity (Wildman–Crippen MR) is 128 cm³/mol. The molecule has 32 heavy (non-hydrogen) atoms. The van der Waals surface area contributed by atoms with E-state index in [9.17, 15) is 12.8 Å². The van der Waals surface area contributed by atoms with E-state index in [0.717, 1.165) is 37.7 Å². The number of likely N-dealkylation sites (N-methyl/N-ethyl adjacent to an activating group) is 1. The van der Waals surface area contributed by atoms with Gasteiger partial charge in [0.1, 0.15) is 10.7 Å². The highest BCUT2D eigenvalue weighted by Gasteiger charge is 2.29. The monoisotopic (exact) mass is 514 g/mol. The van der Waals surface area contributed by atoms with E-state index in [1.165, 1.54) is 28.3 Å². The minimum atomic E-state index is -4.15. The van der Waals surface area contributed by atoms with E-state index in [4.69, 9.17) is 23.2 Å². The van der Waals surface area contributed by atoms with E-state index >= 15 is 0 Å². The molecule has 1 aromatic heterocycles. The van der Waals surface area contributed by atoms with E-state index in [1.54, 1.807) is 0 Å². The number of sulfonamides is 1. The summed E-state index contributed by atoms with van der Waals surface area (Å²) in [5.74, 6) is -0.731. The van der Waals surface area contributed by atoms with Gasteiger partial charge < -0.3 is 4.90 Å². The Kier molecular flexibility index (Phi) is 6.92. The van der Waals surface area contributed by atoms with Gasteiger partial charge in [0.05, 0.1) is 16.2 Å². The number of nitrogens with zero attached hydrogens (tertiary/aromatic N) is 3. The average Bonchev–Trinajstić information content (AvgIpc) is 3.40. The van der Waals surface area contributed by atoms with Crippen molar-refractivity contribution in [3.8, 4) is 0 Å². The fraction of sp³-hybridized carbons (Fsp3) is 0.286. The number of anilines is 2. The first kappa shape index (κ1) is 23.3. The number of hydrogen-bond donors (Lipinski definition) is 1. The lowest BCUT2D eigenvalue weighted by Crippen LogP contribution is -2.34. The predicted octanol–water partition coefficient (Wildman–Crippen LogP) is 5.10. The quantitative estimate of drug-likeness (QED) is 0.475. The number of nitrogens with one attached hydrogen (secondary N) is 1. The molecular formula is C21H21Cl2FN4O2S2. The lowest BCUT2D eigenvalue weighted by molar-refractivity contribution is 0.326. The van der Waals surface area contributed by atoms with Crippen LogP contribution in [-0.4, -0.2) is 44.5 Å². The molecule has 3 aromatic rings. The zero-order chi connectivity index (χ0) is 22.9. The van der Waals surface area contributed by atoms with Gasteiger partial charge in [-0.2, -0.15) is 0 Å². The number of thiazole rings is 1. The molecule has 1 fully saturated rings. The summed E-state index contributed by atoms with van der Waals surface area (Å²) >= 11 is 13.7. The van der Waals surface area contributed by atoms with Gasteiger partial charge in [-0.1, -0.05) is 35.3 Å². The summed E-state index contributed by atoms with van der Waals surface area (Å²) in [6.07, 6.45) is 0.875. The minimum Gasteiger partial charge on any atom is -0.369 e. The Hall–Kier alpha value is -1.91. The normalized spacial score (nSPS) is 16.9. The molecule has 1 unspecified atom stereocenters. The molecule has 0 spiro atoms. The second kappa shape index (κ2) is 9.52. The van der Waals surface area contributed by atoms with Crippen LogP contribution in [0.25, 0.3) is 0 Å². The van der Waals surface area contributed by atoms with Gasteiger partial charge in [0.25, 0.3) is 10.0 Å². The lowest BCUT2D eigenvalue weighted by atomic mass is 10.2. The highest BCUT2D eigenvalue weighted by atomic mass is 35.5. The Morgan fingerprint density at radius 1 is 1.31 bits per heavy atom. The first-order chi connectivity index (χ1) is 15.2. The van der Waals surface area contributed by atoms with Crippen molar-refractivity contribution >= 4 is 56.1 Å². The second-order valence-corrected chi connectivity index (χ2v) is 10.8. The standard InChI is InChI=1S/C21H21Cl2FN4O2S2/c1-27(16-5-6-28(11-16)10-14-3-2-4-15(22)7-14)19-9-18(24)20(8-17(19)23)32(29,30)26-21-12-31-13-25-21/h2-4,7-9,12-13,16,26H,5-6,10-11H2,1H3. The Morgan fingerprint density at radius 3 is 2.84 bits per heavy atom. The summed E-state index contributed by atoms with van der Waals surface area (Å²) < 4.78 is 42.3. The van der Waals surface area contributed by atoms with E-state index in [1.807, 2.05) is 36.2 Å². The molecular weight excluding hydrogens is 494 g/mol. The molecule has 0 amide bonds. The zero-order valence-electron chi connectivity index (χ0n) is 17.1. The van der Waals surface area contributed by atoms with Crippen LogP contribution in [0.1, 0.15) is 12.0 Å². The number of benzene rings is 2. The van der Waals surface area contributed by atoms with Crippen molar-refractivity contribution in [1.29, 1.82) is 0 Å². The van der Waals surface area contributed by atoms with Gasteiger partial charge in [0, 0.05) is 49.2 Å². The lowest BCUT2D eigenvalue weighted by Gasteiger charge is -2.28. The summed E-state index contributed by atoms with van der Waals surface area (Å²) in [5, 5.41) is 2.40. The minimum absolute atomic E-state index is 0.113. The van der Waals surface area contributed by atoms with E-state index < -0.39 is 20.7 Å². The van der Waals surface area contributed by atoms with Gasteiger partial charge in [-0.15, -0.1) is 11.3 Å². The third-order valence-electron chi connectivity index (χ3n) is 5.43. The Morgan fingerprint density at radius 2 is 2.12 bits per heavy atom. The number of rotatable bonds is 7. The van der Waals surface area contributed by atoms with Gasteiger partial charge in [0.15, 0.2) is 5.82 Å². The number of hydrogen-bond acceptors (Lipinski definition) is 6. The van der Waals surface area contributed by atoms with Crippen LogP contribution in [0.5, 0.6) is 0 Å². The third kappa shape index (κ3) is 5.18. The average molecular weight is 515 g/mol. The molecule has 4 rings (SSSR count). The maximum Gasteiger partial charge on any atom is 0.266 e. The van der Waals surface area contributed by atoms with E-state index in [2.05, 4.69) is 14.6 Å². The largest absolute Gasteiger partial charge is 0.369 e. The van der Waals surface area contributed by atoms with Gasteiger partial charge in [-0.05, 0) is 30.2 Å². The highest BCUT2D eigenvalue weighted by molar-refractivity contribution is 7.92. The first-order valence-electron chi connectivity index (χ1n) is 9.82. The first-order valence-corrected chi connectivity index (χ1v) is 13.0. The van der Waals surface area contributed by atoms with Gasteiger partial charge in [-0.3, -0.25) is 9.62 Å². The van der Waals surface area contributed by atoms with Crippen molar-refractivity contribution in [2.24, 2.45) is 0 Å². The molecule has 0 bridgehead atoms. The maximum absolute atomic E-state index is 14.9. The fourth-order valence-electron chi connectivity index (χ4n) is 3.81. The van der Waals surface area contributed by atoms with Crippen molar-refractivity contribution in [2.75, 3.05) is 29.8 Å². The fourth-order valence-corrected chi connectivity index (χ4v) is 6.03. The second-order valence-electron chi connectivity index (χ2n) is 7.63. The van der Waals surface area contributed by atoms with Crippen molar-refractivity contribution in [3.05, 3.63) is 68.7 Å². The third-order valence-corrected chi connectivity index (χ3v) is 7.93. The summed E-state index contributed by atoms with van der Waals surface area (Å²) in [6.45, 7) is 2.42. The van der Waals surface area contributed by atoms with Crippen molar-refractivity contribution in [2.45, 2.75) is 23.9 Å². The molecule has 0 radical (unpaired) electrons. The molecule has 1 saturated heterocycles. The van der Waals surface area contributed by atoms with Crippen molar-refractivity contribution < 1.29 is 12.8 Å². The summed E-state index contributed by atoms with van der Waals surface area (Å²) in [5.41, 5.74) is 3.06. The van der Waals surface area contributed by atoms with Crippen LogP contribution in [0.3, 0.4) is 0 Å². The molecule has 0 saturated carbocycles. The van der Waals surface area contributed by atoms with Crippen LogP contribution in [0, 0.1) is 5.82 Å². The van der Waals surface area contributed by atoms with E-state index in [-0.39, 0.29) is 16.9 Å². The van der Waals surface area contributed by atoms with Crippen LogP contribution < -0.4 is 9.62 Å². The Bertz CT molecular complexity index is 1210. The van der Waals surface area contributed by atoms with Crippen LogP contribution >= 0.6 is 34.5 Å². The van der Waals surface area contributed by atoms with Crippen molar-refractivity contribution in [3.63, 3.8) is 0 Å². The molecule has 170 valence electrons. The summed E-state index contributed by atoms with van der Waals surface area (Å²) in [6, 6.07) is 10.2. The molecule has 2 aromatic carbocycles. The molecule has 11 heteroatoms. The zero-order valence-corrected chi connectivity index (χ0v) is 20.3. The Labute approximate surface area is 200 Å². The topological polar surface area (TPSA) is 65.5 Å². The summed E-state index contributed by atoms with van der Waals surface area (Å²) in [4.78, 5) is 7.57. The molecule has 1 atom stereocenters. The SMILES string of the molecule is CN(c1cc(F)c(S(=O)(=O)Nc2cscn2)cc1Cl)C1CCN(Cc2cccc(Cl)c2)C1. The molecule has 6 nitrogen and oxygen atoms in total. The molecule has 2 heterocycles. The Balaban J connectivity index is 1.48. The highest BCUT2D eigenvalue weighted by Crippen LogP contribution is 2.33. The van der Waals surface area contributed by atoms with Crippen LogP contribution in [-0.2, 0) is 16.6 Å². The molecule has 0 aliphatic carbocycles. The maximum atomic E-state index is 14.9. The van der Waals surface area contributed by atoms with Crippen LogP contribution in [0.2, 0.25) is 10.0 Å². The molecule has 1 aliphatic heterocycles. The van der Waals surface area contributed by atoms with Crippen molar-refractivity contribution in [1.82, 2.24) is 9.88 Å². The van der Waals surface area contributed by atoms with Gasteiger partial charge in [-0.25, -0.2) is 17.8 Å². The number of aromatic nitrogens is 1. The van der Waals surface area contributed by atoms with Gasteiger partial charge >= 0.3 is 0 Å². The number of likely N-dealkylation sites (tertiary alicyclic amines) is 1. The smallest absolute Gasteiger partial charge is 0.266 e. The van der Waals surface area contributed by atoms with Crippen LogP contribution in [0.4, 0.5) is 15.9 Å². The molecule has 1 N–H and O–H groups in total. The summed E-state index contributed by atoms with van der Waals surface area (Å²) in [7, 11) is -2.30. The van der Waals surface area contributed by atoms with E-state index in [0.29, 0.717) is 10.7 Å². The number of halogens is 3.